The average Bonchev–Trinajstić information content (AvgIpc) is 2.76. The van der Waals surface area contributed by atoms with Crippen molar-refractivity contribution in [3.8, 4) is 0 Å². The number of carbonyl (C=O) groups excluding carboxylic acids is 2. The van der Waals surface area contributed by atoms with Crippen LogP contribution in [0.3, 0.4) is 0 Å². The Morgan fingerprint density at radius 1 is 1.10 bits per heavy atom. The highest BCUT2D eigenvalue weighted by Gasteiger charge is 2.25. The highest BCUT2D eigenvalue weighted by molar-refractivity contribution is 5.89. The van der Waals surface area contributed by atoms with Gasteiger partial charge in [0.15, 0.2) is 5.96 Å². The van der Waals surface area contributed by atoms with Gasteiger partial charge in [0.25, 0.3) is 0 Å². The molecule has 0 bridgehead atoms. The lowest BCUT2D eigenvalue weighted by atomic mass is 9.85. The summed E-state index contributed by atoms with van der Waals surface area (Å²) in [4.78, 5) is 29.3. The monoisotopic (exact) mass is 430 g/mol. The van der Waals surface area contributed by atoms with Gasteiger partial charge in [-0.25, -0.2) is 4.99 Å². The van der Waals surface area contributed by atoms with Crippen molar-refractivity contribution < 1.29 is 9.59 Å². The summed E-state index contributed by atoms with van der Waals surface area (Å²) in [6, 6.07) is 5.92. The fraction of sp³-hybridized carbons (Fsp3) is 0.609. The minimum absolute atomic E-state index is 0.00977. The Labute approximate surface area is 185 Å². The molecule has 2 rings (SSSR count). The lowest BCUT2D eigenvalue weighted by Crippen LogP contribution is -2.52. The van der Waals surface area contributed by atoms with Gasteiger partial charge >= 0.3 is 0 Å². The Kier molecular flexibility index (Phi) is 10.3. The summed E-state index contributed by atoms with van der Waals surface area (Å²) in [5.41, 5.74) is 18.4. The van der Waals surface area contributed by atoms with Gasteiger partial charge in [-0.3, -0.25) is 9.59 Å². The Bertz CT molecular complexity index is 724. The molecule has 8 N–H and O–H groups in total. The van der Waals surface area contributed by atoms with E-state index in [4.69, 9.17) is 17.2 Å². The van der Waals surface area contributed by atoms with Crippen LogP contribution >= 0.6 is 0 Å². The van der Waals surface area contributed by atoms with Crippen molar-refractivity contribution in [1.29, 1.82) is 0 Å². The molecule has 1 fully saturated rings. The first-order chi connectivity index (χ1) is 14.9. The van der Waals surface area contributed by atoms with Gasteiger partial charge in [0.1, 0.15) is 6.04 Å². The van der Waals surface area contributed by atoms with Crippen LogP contribution in [0.1, 0.15) is 63.9 Å². The first-order valence-electron chi connectivity index (χ1n) is 11.4. The van der Waals surface area contributed by atoms with Crippen LogP contribution in [0.15, 0.2) is 29.3 Å². The third-order valence-corrected chi connectivity index (χ3v) is 5.76. The van der Waals surface area contributed by atoms with Crippen LogP contribution < -0.4 is 27.8 Å². The zero-order valence-corrected chi connectivity index (χ0v) is 18.6. The number of guanidine groups is 1. The Hall–Kier alpha value is -2.61. The Balaban J connectivity index is 1.93. The van der Waals surface area contributed by atoms with Gasteiger partial charge in [-0.2, -0.15) is 0 Å². The van der Waals surface area contributed by atoms with Crippen molar-refractivity contribution in [2.75, 3.05) is 6.54 Å². The van der Waals surface area contributed by atoms with Crippen LogP contribution in [0.4, 0.5) is 5.69 Å². The molecule has 31 heavy (non-hydrogen) atoms. The van der Waals surface area contributed by atoms with Crippen molar-refractivity contribution in [3.63, 3.8) is 0 Å². The van der Waals surface area contributed by atoms with Crippen molar-refractivity contribution in [2.24, 2.45) is 28.1 Å². The smallest absolute Gasteiger partial charge is 0.242 e. The number of carbonyl (C=O) groups is 2. The highest BCUT2D eigenvalue weighted by atomic mass is 16.2. The second-order valence-corrected chi connectivity index (χ2v) is 8.45. The zero-order chi connectivity index (χ0) is 22.6. The van der Waals surface area contributed by atoms with E-state index >= 15 is 0 Å². The van der Waals surface area contributed by atoms with Crippen LogP contribution in [0.25, 0.3) is 0 Å². The predicted octanol–water partition coefficient (Wildman–Crippen LogP) is 1.83. The molecular formula is C23H38N6O2. The molecule has 1 aromatic rings. The second kappa shape index (κ2) is 12.9. The van der Waals surface area contributed by atoms with E-state index in [-0.39, 0.29) is 17.8 Å². The highest BCUT2D eigenvalue weighted by Crippen LogP contribution is 2.27. The molecule has 8 heteroatoms. The molecule has 8 nitrogen and oxygen atoms in total. The van der Waals surface area contributed by atoms with Crippen molar-refractivity contribution in [1.82, 2.24) is 10.6 Å². The van der Waals surface area contributed by atoms with E-state index in [0.717, 1.165) is 18.4 Å². The largest absolute Gasteiger partial charge is 0.370 e. The van der Waals surface area contributed by atoms with Gasteiger partial charge in [-0.15, -0.1) is 0 Å². The third kappa shape index (κ3) is 8.96. The predicted molar refractivity (Wildman–Crippen MR) is 125 cm³/mol. The van der Waals surface area contributed by atoms with Crippen LogP contribution in [0.2, 0.25) is 0 Å². The molecule has 172 valence electrons. The second-order valence-electron chi connectivity index (χ2n) is 8.45. The molecule has 0 saturated heterocycles. The van der Waals surface area contributed by atoms with Crippen molar-refractivity contribution in [2.45, 2.75) is 76.8 Å². The van der Waals surface area contributed by atoms with E-state index in [2.05, 4.69) is 15.6 Å². The lowest BCUT2D eigenvalue weighted by molar-refractivity contribution is -0.129. The molecule has 1 aliphatic rings. The molecular weight excluding hydrogens is 392 g/mol. The van der Waals surface area contributed by atoms with Crippen LogP contribution in [-0.2, 0) is 16.0 Å². The molecule has 0 heterocycles. The molecule has 1 saturated carbocycles. The van der Waals surface area contributed by atoms with Gasteiger partial charge in [-0.1, -0.05) is 51.2 Å². The number of benzene rings is 1. The Morgan fingerprint density at radius 3 is 2.39 bits per heavy atom. The minimum Gasteiger partial charge on any atom is -0.370 e. The number of rotatable bonds is 11. The molecule has 0 spiro atoms. The third-order valence-electron chi connectivity index (χ3n) is 5.76. The molecule has 0 aromatic heterocycles. The number of nitrogens with two attached hydrogens (primary N) is 3. The fourth-order valence-corrected chi connectivity index (χ4v) is 4.00. The number of nitrogens with zero attached hydrogens (tertiary/aromatic N) is 1. The maximum Gasteiger partial charge on any atom is 0.242 e. The maximum absolute atomic E-state index is 12.7. The standard InChI is InChI=1S/C23H38N6O2/c1-2-14-27-22(31)20(13-10-16-6-4-3-5-7-16)29-21(30)19(24)15-17-8-11-18(12-9-17)28-23(25)26/h8-9,11-12,16,19-20H,2-7,10,13-15,24H2,1H3,(H,27,31)(H,29,30)(H4,25,26,28)/t19-,20-/m0/s1. The van der Waals surface area contributed by atoms with Crippen LogP contribution in [-0.4, -0.2) is 36.4 Å². The SMILES string of the molecule is CCCNC(=O)[C@H](CCC1CCCCC1)NC(=O)[C@@H](N)Cc1ccc(N=C(N)N)cc1. The molecule has 1 aromatic carbocycles. The fourth-order valence-electron chi connectivity index (χ4n) is 4.00. The van der Waals surface area contributed by atoms with E-state index in [9.17, 15) is 9.59 Å². The first-order valence-corrected chi connectivity index (χ1v) is 11.4. The summed E-state index contributed by atoms with van der Waals surface area (Å²) in [7, 11) is 0. The van der Waals surface area contributed by atoms with Gasteiger partial charge < -0.3 is 27.8 Å². The van der Waals surface area contributed by atoms with Gasteiger partial charge in [0.05, 0.1) is 11.7 Å². The van der Waals surface area contributed by atoms with E-state index in [0.29, 0.717) is 31.0 Å². The molecule has 0 unspecified atom stereocenters. The van der Waals surface area contributed by atoms with Gasteiger partial charge in [-0.05, 0) is 49.3 Å². The zero-order valence-electron chi connectivity index (χ0n) is 18.6. The summed E-state index contributed by atoms with van der Waals surface area (Å²) >= 11 is 0. The van der Waals surface area contributed by atoms with E-state index < -0.39 is 12.1 Å². The quantitative estimate of drug-likeness (QED) is 0.268. The van der Waals surface area contributed by atoms with Crippen LogP contribution in [0.5, 0.6) is 0 Å². The number of nitrogens with one attached hydrogen (secondary N) is 2. The van der Waals surface area contributed by atoms with Crippen molar-refractivity contribution >= 4 is 23.5 Å². The molecule has 2 atom stereocenters. The normalized spacial score (nSPS) is 16.2. The van der Waals surface area contributed by atoms with Gasteiger partial charge in [0.2, 0.25) is 11.8 Å². The number of amides is 2. The first kappa shape index (κ1) is 24.7. The summed E-state index contributed by atoms with van der Waals surface area (Å²) in [5.74, 6) is 0.197. The summed E-state index contributed by atoms with van der Waals surface area (Å²) < 4.78 is 0. The summed E-state index contributed by atoms with van der Waals surface area (Å²) in [5, 5.41) is 5.80. The topological polar surface area (TPSA) is 149 Å². The molecule has 2 amide bonds. The lowest BCUT2D eigenvalue weighted by Gasteiger charge is -2.25. The summed E-state index contributed by atoms with van der Waals surface area (Å²) in [6.07, 6.45) is 9.06. The summed E-state index contributed by atoms with van der Waals surface area (Å²) in [6.45, 7) is 2.60. The van der Waals surface area contributed by atoms with E-state index in [1.807, 2.05) is 19.1 Å². The van der Waals surface area contributed by atoms with E-state index in [1.165, 1.54) is 32.1 Å². The molecule has 0 radical (unpaired) electrons. The average molecular weight is 431 g/mol. The van der Waals surface area contributed by atoms with Crippen LogP contribution in [0, 0.1) is 5.92 Å². The van der Waals surface area contributed by atoms with Crippen molar-refractivity contribution in [3.05, 3.63) is 29.8 Å². The number of hydrogen-bond acceptors (Lipinski definition) is 4. The number of hydrogen-bond donors (Lipinski definition) is 5. The Morgan fingerprint density at radius 2 is 1.77 bits per heavy atom. The minimum atomic E-state index is -0.745. The number of aliphatic imine (C=N–C) groups is 1. The van der Waals surface area contributed by atoms with E-state index in [1.54, 1.807) is 12.1 Å². The molecule has 1 aliphatic carbocycles. The van der Waals surface area contributed by atoms with Gasteiger partial charge in [0, 0.05) is 6.54 Å². The maximum atomic E-state index is 12.7. The molecule has 0 aliphatic heterocycles.